The summed E-state index contributed by atoms with van der Waals surface area (Å²) in [4.78, 5) is 11.2. The Hall–Kier alpha value is -0.330. The van der Waals surface area contributed by atoms with Crippen LogP contribution in [0.3, 0.4) is 0 Å². The maximum absolute atomic E-state index is 11.2. The van der Waals surface area contributed by atoms with Crippen LogP contribution in [-0.2, 0) is 4.79 Å². The molecule has 2 rings (SSSR count). The lowest BCUT2D eigenvalue weighted by Gasteiger charge is -2.59. The van der Waals surface area contributed by atoms with Gasteiger partial charge in [-0.15, -0.1) is 0 Å². The molecule has 2 aliphatic rings. The van der Waals surface area contributed by atoms with E-state index in [1.54, 1.807) is 6.92 Å². The van der Waals surface area contributed by atoms with Crippen LogP contribution in [0.2, 0.25) is 0 Å². The molecule has 0 aromatic rings. The summed E-state index contributed by atoms with van der Waals surface area (Å²) < 4.78 is 0. The van der Waals surface area contributed by atoms with E-state index >= 15 is 0 Å². The van der Waals surface area contributed by atoms with Crippen LogP contribution in [0.5, 0.6) is 0 Å². The van der Waals surface area contributed by atoms with Crippen molar-refractivity contribution in [1.29, 1.82) is 0 Å². The molecule has 2 saturated carbocycles. The molecular formula is C10H16O. The van der Waals surface area contributed by atoms with Gasteiger partial charge >= 0.3 is 0 Å². The average molecular weight is 152 g/mol. The molecule has 1 heteroatoms. The smallest absolute Gasteiger partial charge is 0.135 e. The third-order valence-electron chi connectivity index (χ3n) is 3.79. The molecule has 1 spiro atoms. The average Bonchev–Trinajstić information content (AvgIpc) is 1.75. The highest BCUT2D eigenvalue weighted by Gasteiger charge is 2.56. The van der Waals surface area contributed by atoms with Crippen LogP contribution in [0.4, 0.5) is 0 Å². The molecule has 2 aliphatic carbocycles. The minimum atomic E-state index is 0.0699. The molecule has 2 fully saturated rings. The molecule has 0 aliphatic heterocycles. The first-order valence-corrected chi connectivity index (χ1v) is 4.58. The van der Waals surface area contributed by atoms with Gasteiger partial charge < -0.3 is 0 Å². The Balaban J connectivity index is 2.00. The van der Waals surface area contributed by atoms with Gasteiger partial charge in [0.15, 0.2) is 0 Å². The summed E-state index contributed by atoms with van der Waals surface area (Å²) in [7, 11) is 0. The lowest BCUT2D eigenvalue weighted by Crippen LogP contribution is -2.52. The van der Waals surface area contributed by atoms with E-state index in [9.17, 15) is 4.79 Å². The zero-order chi connectivity index (χ0) is 8.11. The Bertz CT molecular complexity index is 193. The minimum absolute atomic E-state index is 0.0699. The van der Waals surface area contributed by atoms with Crippen molar-refractivity contribution in [2.75, 3.05) is 0 Å². The van der Waals surface area contributed by atoms with Gasteiger partial charge in [-0.05, 0) is 38.0 Å². The van der Waals surface area contributed by atoms with E-state index in [1.165, 1.54) is 32.1 Å². The van der Waals surface area contributed by atoms with E-state index in [-0.39, 0.29) is 5.41 Å². The van der Waals surface area contributed by atoms with Gasteiger partial charge in [-0.25, -0.2) is 0 Å². The number of carbonyl (C=O) groups is 1. The second kappa shape index (κ2) is 1.88. The predicted octanol–water partition coefficient (Wildman–Crippen LogP) is 2.55. The van der Waals surface area contributed by atoms with Crippen LogP contribution in [-0.4, -0.2) is 5.78 Å². The standard InChI is InChI=1S/C10H16O/c1-8(11)9(2)6-10(7-9)4-3-5-10/h3-7H2,1-2H3. The fraction of sp³-hybridized carbons (Fsp3) is 0.900. The van der Waals surface area contributed by atoms with Gasteiger partial charge in [0.05, 0.1) is 0 Å². The summed E-state index contributed by atoms with van der Waals surface area (Å²) in [5.41, 5.74) is 0.709. The Morgan fingerprint density at radius 3 is 2.09 bits per heavy atom. The lowest BCUT2D eigenvalue weighted by molar-refractivity contribution is -0.148. The van der Waals surface area contributed by atoms with E-state index in [2.05, 4.69) is 6.92 Å². The fourth-order valence-electron chi connectivity index (χ4n) is 2.88. The highest BCUT2D eigenvalue weighted by atomic mass is 16.1. The molecule has 0 amide bonds. The quantitative estimate of drug-likeness (QED) is 0.564. The van der Waals surface area contributed by atoms with Gasteiger partial charge in [0.2, 0.25) is 0 Å². The molecule has 11 heavy (non-hydrogen) atoms. The molecule has 0 aromatic heterocycles. The Morgan fingerprint density at radius 1 is 1.27 bits per heavy atom. The second-order valence-electron chi connectivity index (χ2n) is 4.82. The van der Waals surface area contributed by atoms with E-state index in [4.69, 9.17) is 0 Å². The third kappa shape index (κ3) is 0.863. The van der Waals surface area contributed by atoms with Crippen molar-refractivity contribution < 1.29 is 4.79 Å². The molecule has 0 saturated heterocycles. The van der Waals surface area contributed by atoms with Crippen LogP contribution in [0, 0.1) is 10.8 Å². The summed E-state index contributed by atoms with van der Waals surface area (Å²) in [6.07, 6.45) is 6.52. The molecule has 0 bridgehead atoms. The molecule has 62 valence electrons. The van der Waals surface area contributed by atoms with Gasteiger partial charge in [0.1, 0.15) is 5.78 Å². The van der Waals surface area contributed by atoms with Crippen molar-refractivity contribution in [2.45, 2.75) is 46.0 Å². The summed E-state index contributed by atoms with van der Waals surface area (Å²) in [5.74, 6) is 0.398. The van der Waals surface area contributed by atoms with Gasteiger partial charge in [0.25, 0.3) is 0 Å². The SMILES string of the molecule is CC(=O)C1(C)CC2(CCC2)C1. The van der Waals surface area contributed by atoms with Crippen molar-refractivity contribution in [2.24, 2.45) is 10.8 Å². The Morgan fingerprint density at radius 2 is 1.82 bits per heavy atom. The Kier molecular flexibility index (Phi) is 1.25. The molecule has 0 radical (unpaired) electrons. The normalized spacial score (nSPS) is 30.7. The summed E-state index contributed by atoms with van der Waals surface area (Å²) >= 11 is 0. The van der Waals surface area contributed by atoms with Crippen LogP contribution in [0.25, 0.3) is 0 Å². The second-order valence-corrected chi connectivity index (χ2v) is 4.82. The van der Waals surface area contributed by atoms with Gasteiger partial charge in [-0.1, -0.05) is 13.3 Å². The summed E-state index contributed by atoms with van der Waals surface area (Å²) in [5, 5.41) is 0. The minimum Gasteiger partial charge on any atom is -0.299 e. The maximum Gasteiger partial charge on any atom is 0.135 e. The zero-order valence-electron chi connectivity index (χ0n) is 7.44. The van der Waals surface area contributed by atoms with Crippen molar-refractivity contribution in [3.05, 3.63) is 0 Å². The number of Topliss-reactive ketones (excluding diaryl/α,β-unsaturated/α-hetero) is 1. The first kappa shape index (κ1) is 7.33. The van der Waals surface area contributed by atoms with Crippen LogP contribution in [0.15, 0.2) is 0 Å². The van der Waals surface area contributed by atoms with Crippen molar-refractivity contribution in [3.63, 3.8) is 0 Å². The van der Waals surface area contributed by atoms with Crippen LogP contribution in [0.1, 0.15) is 46.0 Å². The highest BCUT2D eigenvalue weighted by Crippen LogP contribution is 2.64. The number of hydrogen-bond acceptors (Lipinski definition) is 1. The number of ketones is 1. The highest BCUT2D eigenvalue weighted by molar-refractivity contribution is 5.83. The molecule has 0 aromatic carbocycles. The van der Waals surface area contributed by atoms with E-state index in [0.29, 0.717) is 11.2 Å². The first-order valence-electron chi connectivity index (χ1n) is 4.58. The van der Waals surface area contributed by atoms with E-state index in [1.807, 2.05) is 0 Å². The van der Waals surface area contributed by atoms with Gasteiger partial charge in [-0.3, -0.25) is 4.79 Å². The Labute approximate surface area is 68.2 Å². The monoisotopic (exact) mass is 152 g/mol. The maximum atomic E-state index is 11.2. The third-order valence-corrected chi connectivity index (χ3v) is 3.79. The number of hydrogen-bond donors (Lipinski definition) is 0. The van der Waals surface area contributed by atoms with Crippen molar-refractivity contribution in [3.8, 4) is 0 Å². The van der Waals surface area contributed by atoms with Crippen LogP contribution >= 0.6 is 0 Å². The molecule has 0 atom stereocenters. The predicted molar refractivity (Wildman–Crippen MR) is 44.3 cm³/mol. The fourth-order valence-corrected chi connectivity index (χ4v) is 2.88. The first-order chi connectivity index (χ1) is 5.06. The van der Waals surface area contributed by atoms with Crippen molar-refractivity contribution >= 4 is 5.78 Å². The number of rotatable bonds is 1. The number of carbonyl (C=O) groups excluding carboxylic acids is 1. The van der Waals surface area contributed by atoms with Crippen molar-refractivity contribution in [1.82, 2.24) is 0 Å². The van der Waals surface area contributed by atoms with E-state index in [0.717, 1.165) is 0 Å². The summed E-state index contributed by atoms with van der Waals surface area (Å²) in [6, 6.07) is 0. The van der Waals surface area contributed by atoms with E-state index < -0.39 is 0 Å². The molecule has 0 heterocycles. The lowest BCUT2D eigenvalue weighted by atomic mass is 9.45. The summed E-state index contributed by atoms with van der Waals surface area (Å²) in [6.45, 7) is 3.87. The molecular weight excluding hydrogens is 136 g/mol. The van der Waals surface area contributed by atoms with Gasteiger partial charge in [0, 0.05) is 5.41 Å². The van der Waals surface area contributed by atoms with Gasteiger partial charge in [-0.2, -0.15) is 0 Å². The topological polar surface area (TPSA) is 17.1 Å². The molecule has 0 unspecified atom stereocenters. The zero-order valence-corrected chi connectivity index (χ0v) is 7.44. The molecule has 0 N–H and O–H groups in total. The van der Waals surface area contributed by atoms with Crippen LogP contribution < -0.4 is 0 Å². The largest absolute Gasteiger partial charge is 0.299 e. The molecule has 1 nitrogen and oxygen atoms in total.